The third-order valence-electron chi connectivity index (χ3n) is 13.1. The van der Waals surface area contributed by atoms with Crippen molar-refractivity contribution in [3.8, 4) is 34.4 Å². The summed E-state index contributed by atoms with van der Waals surface area (Å²) < 4.78 is 0. The molecule has 0 amide bonds. The molecule has 5 aliphatic rings. The van der Waals surface area contributed by atoms with Gasteiger partial charge in [-0.3, -0.25) is 4.79 Å². The van der Waals surface area contributed by atoms with Gasteiger partial charge in [0.2, 0.25) is 5.78 Å². The number of rotatable bonds is 1. The van der Waals surface area contributed by atoms with Crippen molar-refractivity contribution in [2.45, 2.75) is 11.3 Å². The Morgan fingerprint density at radius 1 is 0.533 bits per heavy atom. The molecule has 278 valence electrons. The molecule has 2 unspecified atom stereocenters. The average molecular weight is 769 g/mol. The van der Waals surface area contributed by atoms with E-state index in [2.05, 4.69) is 52.4 Å². The molecule has 0 radical (unpaired) electrons. The van der Waals surface area contributed by atoms with Crippen molar-refractivity contribution in [2.24, 2.45) is 4.99 Å². The second-order valence-electron chi connectivity index (χ2n) is 16.0. The number of benzene rings is 8. The van der Waals surface area contributed by atoms with Gasteiger partial charge in [0.1, 0.15) is 5.76 Å². The fraction of sp³-hybridized carbons (Fsp3) is 0.0385. The Hall–Kier alpha value is -8.46. The Labute approximate surface area is 342 Å². The number of fused-ring (bicyclic) bond motifs is 10. The van der Waals surface area contributed by atoms with E-state index in [1.807, 2.05) is 121 Å². The molecule has 8 aromatic rings. The van der Waals surface area contributed by atoms with Crippen LogP contribution in [0.25, 0.3) is 54.9 Å². The first-order valence-electron chi connectivity index (χ1n) is 19.8. The highest BCUT2D eigenvalue weighted by Crippen LogP contribution is 2.56. The number of allylic oxidation sites excluding steroid dienone is 2. The monoisotopic (exact) mass is 768 g/mol. The first-order chi connectivity index (χ1) is 29.4. The van der Waals surface area contributed by atoms with Gasteiger partial charge in [0.25, 0.3) is 0 Å². The molecular weight excluding hydrogens is 741 g/mol. The quantitative estimate of drug-likeness (QED) is 0.131. The molecule has 0 fully saturated rings. The Balaban J connectivity index is 1.05. The van der Waals surface area contributed by atoms with E-state index in [1.54, 1.807) is 0 Å². The lowest BCUT2D eigenvalue weighted by atomic mass is 9.79. The predicted molar refractivity (Wildman–Crippen MR) is 232 cm³/mol. The summed E-state index contributed by atoms with van der Waals surface area (Å²) in [5.41, 5.74) is 10.3. The molecule has 2 spiro atoms. The van der Waals surface area contributed by atoms with Crippen molar-refractivity contribution in [1.29, 1.82) is 10.5 Å². The van der Waals surface area contributed by atoms with Crippen LogP contribution in [-0.4, -0.2) is 10.9 Å². The van der Waals surface area contributed by atoms with Crippen LogP contribution in [0.3, 0.4) is 0 Å². The maximum Gasteiger partial charge on any atom is 0.201 e. The topological polar surface area (TPSA) is 133 Å². The predicted octanol–water partition coefficient (Wildman–Crippen LogP) is 9.08. The van der Waals surface area contributed by atoms with Crippen LogP contribution in [0.4, 0.5) is 17.1 Å². The van der Waals surface area contributed by atoms with Crippen molar-refractivity contribution in [1.82, 2.24) is 0 Å². The van der Waals surface area contributed by atoms with Crippen LogP contribution in [0.1, 0.15) is 38.9 Å². The highest BCUT2D eigenvalue weighted by molar-refractivity contribution is 6.52. The summed E-state index contributed by atoms with van der Waals surface area (Å²) in [5.74, 6) is -0.363. The van der Waals surface area contributed by atoms with E-state index in [0.717, 1.165) is 83.1 Å². The lowest BCUT2D eigenvalue weighted by molar-refractivity contribution is -0.109. The maximum absolute atomic E-state index is 14.9. The Bertz CT molecular complexity index is 3670. The van der Waals surface area contributed by atoms with E-state index < -0.39 is 11.3 Å². The summed E-state index contributed by atoms with van der Waals surface area (Å²) in [7, 11) is 0. The minimum Gasteiger partial charge on any atom is -0.506 e. The molecule has 0 bridgehead atoms. The van der Waals surface area contributed by atoms with E-state index in [-0.39, 0.29) is 22.7 Å². The van der Waals surface area contributed by atoms with Gasteiger partial charge in [-0.2, -0.15) is 10.5 Å². The second kappa shape index (κ2) is 11.1. The maximum atomic E-state index is 14.9. The minimum absolute atomic E-state index is 0.0879. The van der Waals surface area contributed by atoms with Gasteiger partial charge in [0.15, 0.2) is 11.3 Å². The number of hydrogen-bond acceptors (Lipinski definition) is 8. The molecule has 2 heterocycles. The lowest BCUT2D eigenvalue weighted by Gasteiger charge is -2.41. The molecule has 60 heavy (non-hydrogen) atoms. The van der Waals surface area contributed by atoms with Gasteiger partial charge in [-0.1, -0.05) is 109 Å². The number of nitriles is 2. The Kier molecular flexibility index (Phi) is 6.05. The number of ketones is 1. The Morgan fingerprint density at radius 2 is 1.13 bits per heavy atom. The molecule has 3 aliphatic carbocycles. The third kappa shape index (κ3) is 3.88. The van der Waals surface area contributed by atoms with E-state index in [1.165, 1.54) is 0 Å². The van der Waals surface area contributed by atoms with Crippen LogP contribution in [-0.2, 0) is 16.1 Å². The molecule has 13 rings (SSSR count). The molecule has 8 heteroatoms. The summed E-state index contributed by atoms with van der Waals surface area (Å²) in [6.45, 7) is 0. The largest absolute Gasteiger partial charge is 0.506 e. The number of anilines is 3. The number of aliphatic hydroxyl groups is 1. The molecule has 2 aliphatic heterocycles. The van der Waals surface area contributed by atoms with Crippen LogP contribution >= 0.6 is 0 Å². The molecule has 4 N–H and O–H groups in total. The number of Topliss-reactive ketones (excluding diaryl/α,β-unsaturated/α-hetero) is 1. The van der Waals surface area contributed by atoms with Gasteiger partial charge in [-0.25, -0.2) is 4.99 Å². The normalized spacial score (nSPS) is 20.2. The number of nitrogens with one attached hydrogen (secondary N) is 3. The second-order valence-corrected chi connectivity index (χ2v) is 16.0. The lowest BCUT2D eigenvalue weighted by Crippen LogP contribution is -2.45. The molecule has 8 aromatic carbocycles. The zero-order chi connectivity index (χ0) is 40.1. The third-order valence-corrected chi connectivity index (χ3v) is 13.1. The molecule has 0 aromatic heterocycles. The zero-order valence-electron chi connectivity index (χ0n) is 31.6. The zero-order valence-corrected chi connectivity index (χ0v) is 31.6. The van der Waals surface area contributed by atoms with Gasteiger partial charge in [-0.05, 0) is 69.4 Å². The number of nitrogens with zero attached hydrogens (tertiary/aromatic N) is 3. The SMILES string of the molecule is N#Cc1ccc2c(c1)-c1ccccc1C21N=c2/c(=C3\C(=O)C(c4ccc5cccc6c5c4NC4(N6)c5ccccc5-c5cc(C#N)ccc54)=C3O)ccc3cccc(c23)N1. The summed E-state index contributed by atoms with van der Waals surface area (Å²) in [6, 6.07) is 52.2. The highest BCUT2D eigenvalue weighted by Gasteiger charge is 2.49. The van der Waals surface area contributed by atoms with Crippen molar-refractivity contribution in [2.75, 3.05) is 16.0 Å². The van der Waals surface area contributed by atoms with Crippen molar-refractivity contribution in [3.05, 3.63) is 201 Å². The highest BCUT2D eigenvalue weighted by atomic mass is 16.3. The van der Waals surface area contributed by atoms with Gasteiger partial charge in [-0.15, -0.1) is 0 Å². The van der Waals surface area contributed by atoms with Crippen molar-refractivity contribution < 1.29 is 9.90 Å². The average Bonchev–Trinajstić information content (AvgIpc) is 3.70. The summed E-state index contributed by atoms with van der Waals surface area (Å²) in [6.07, 6.45) is 0. The molecule has 0 saturated carbocycles. The molecule has 0 saturated heterocycles. The van der Waals surface area contributed by atoms with Crippen LogP contribution in [0.5, 0.6) is 0 Å². The van der Waals surface area contributed by atoms with Crippen LogP contribution in [0.15, 0.2) is 156 Å². The summed E-state index contributed by atoms with van der Waals surface area (Å²) >= 11 is 0. The van der Waals surface area contributed by atoms with E-state index in [4.69, 9.17) is 4.99 Å². The van der Waals surface area contributed by atoms with Gasteiger partial charge in [0, 0.05) is 55.2 Å². The van der Waals surface area contributed by atoms with E-state index in [9.17, 15) is 20.4 Å². The van der Waals surface area contributed by atoms with Gasteiger partial charge >= 0.3 is 0 Å². The fourth-order valence-electron chi connectivity index (χ4n) is 10.5. The number of hydrogen-bond donors (Lipinski definition) is 4. The van der Waals surface area contributed by atoms with E-state index >= 15 is 0 Å². The van der Waals surface area contributed by atoms with Gasteiger partial charge < -0.3 is 21.1 Å². The first-order valence-corrected chi connectivity index (χ1v) is 19.8. The standard InChI is InChI=1S/C52H28N6O2/c53-25-27-15-21-39-35(23-27)31-9-1-3-11-37(31)51(39)55-41-13-5-7-29-17-19-33(47(57-51)43(29)41)45-49(59)46(50(45)60)34-20-18-30-8-6-14-42-44(30)48(34)58-52(56-42)38-12-4-2-10-32(38)36-24-28(26-54)16-22-40(36)52/h1-24,55-57,59H/b46-34-. The van der Waals surface area contributed by atoms with Gasteiger partial charge in [0.05, 0.1) is 45.5 Å². The Morgan fingerprint density at radius 3 is 1.87 bits per heavy atom. The molecule has 8 nitrogen and oxygen atoms in total. The van der Waals surface area contributed by atoms with Crippen molar-refractivity contribution >= 4 is 55.5 Å². The fourth-order valence-corrected chi connectivity index (χ4v) is 10.5. The minimum atomic E-state index is -1.04. The number of aliphatic hydroxyl groups excluding tert-OH is 1. The number of carbonyl (C=O) groups is 1. The molecule has 2 atom stereocenters. The first kappa shape index (κ1) is 32.6. The smallest absolute Gasteiger partial charge is 0.201 e. The summed E-state index contributed by atoms with van der Waals surface area (Å²) in [5, 5.41) is 48.3. The van der Waals surface area contributed by atoms with Crippen LogP contribution < -0.4 is 26.5 Å². The number of carbonyl (C=O) groups excluding carboxylic acids is 1. The van der Waals surface area contributed by atoms with Crippen LogP contribution in [0, 0.1) is 22.7 Å². The van der Waals surface area contributed by atoms with Crippen LogP contribution in [0.2, 0.25) is 0 Å². The summed E-state index contributed by atoms with van der Waals surface area (Å²) in [4.78, 5) is 20.5. The van der Waals surface area contributed by atoms with Crippen molar-refractivity contribution in [3.63, 3.8) is 0 Å². The molecular formula is C52H28N6O2. The van der Waals surface area contributed by atoms with E-state index in [0.29, 0.717) is 27.3 Å².